The molecule has 3 fully saturated rings. The maximum atomic E-state index is 13.7. The number of aliphatic hydroxyl groups is 1. The van der Waals surface area contributed by atoms with Crippen LogP contribution >= 0.6 is 0 Å². The van der Waals surface area contributed by atoms with Crippen molar-refractivity contribution in [2.45, 2.75) is 94.9 Å². The largest absolute Gasteiger partial charge is 0.390 e. The van der Waals surface area contributed by atoms with E-state index in [-0.39, 0.29) is 11.8 Å². The van der Waals surface area contributed by atoms with Gasteiger partial charge in [-0.05, 0) is 49.8 Å². The van der Waals surface area contributed by atoms with Crippen molar-refractivity contribution in [1.82, 2.24) is 15.1 Å². The summed E-state index contributed by atoms with van der Waals surface area (Å²) in [6, 6.07) is 6.83. The van der Waals surface area contributed by atoms with Gasteiger partial charge in [0.05, 0.1) is 17.5 Å². The lowest BCUT2D eigenvalue weighted by molar-refractivity contribution is -0.163. The molecule has 0 radical (unpaired) electrons. The molecule has 212 valence electrons. The van der Waals surface area contributed by atoms with Gasteiger partial charge < -0.3 is 15.3 Å². The fourth-order valence-corrected chi connectivity index (χ4v) is 6.79. The van der Waals surface area contributed by atoms with Crippen LogP contribution in [0.15, 0.2) is 24.3 Å². The van der Waals surface area contributed by atoms with Crippen molar-refractivity contribution >= 4 is 27.5 Å². The highest BCUT2D eigenvalue weighted by Gasteiger charge is 2.54. The summed E-state index contributed by atoms with van der Waals surface area (Å²) in [5.74, 6) is -0.124. The number of hydrogen-bond acceptors (Lipinski definition) is 6. The van der Waals surface area contributed by atoms with Crippen LogP contribution in [0.2, 0.25) is 0 Å². The highest BCUT2D eigenvalue weighted by atomic mass is 32.2. The third-order valence-electron chi connectivity index (χ3n) is 8.80. The normalized spacial score (nSPS) is 23.9. The number of carbonyl (C=O) groups excluding carboxylic acids is 2. The molecule has 1 aromatic carbocycles. The fourth-order valence-electron chi connectivity index (χ4n) is 6.29. The number of piperidine rings is 1. The predicted octanol–water partition coefficient (Wildman–Crippen LogP) is 2.63. The number of nitrogens with zero attached hydrogens (tertiary/aromatic N) is 3. The van der Waals surface area contributed by atoms with Gasteiger partial charge in [-0.25, -0.2) is 8.42 Å². The summed E-state index contributed by atoms with van der Waals surface area (Å²) in [7, 11) is -1.77. The summed E-state index contributed by atoms with van der Waals surface area (Å²) < 4.78 is 24.9. The number of amides is 2. The summed E-state index contributed by atoms with van der Waals surface area (Å²) in [5, 5.41) is 14.1. The van der Waals surface area contributed by atoms with Gasteiger partial charge in [-0.1, -0.05) is 44.7 Å². The molecule has 2 amide bonds. The number of nitrogens with one attached hydrogen (secondary N) is 1. The minimum absolute atomic E-state index is 0.0453. The lowest BCUT2D eigenvalue weighted by Crippen LogP contribution is -2.73. The molecule has 0 aromatic heterocycles. The Balaban J connectivity index is 1.42. The van der Waals surface area contributed by atoms with Crippen molar-refractivity contribution in [3.8, 4) is 0 Å². The van der Waals surface area contributed by atoms with Gasteiger partial charge in [0.2, 0.25) is 21.8 Å². The summed E-state index contributed by atoms with van der Waals surface area (Å²) in [6.45, 7) is 4.71. The van der Waals surface area contributed by atoms with Crippen LogP contribution in [-0.4, -0.2) is 85.3 Å². The first-order chi connectivity index (χ1) is 18.0. The van der Waals surface area contributed by atoms with Crippen LogP contribution in [0.3, 0.4) is 0 Å². The summed E-state index contributed by atoms with van der Waals surface area (Å²) in [4.78, 5) is 31.5. The van der Waals surface area contributed by atoms with E-state index in [2.05, 4.69) is 17.1 Å². The monoisotopic (exact) mass is 548 g/mol. The first-order valence-electron chi connectivity index (χ1n) is 14.1. The van der Waals surface area contributed by atoms with E-state index in [0.717, 1.165) is 37.7 Å². The van der Waals surface area contributed by atoms with Gasteiger partial charge in [0.15, 0.2) is 0 Å². The van der Waals surface area contributed by atoms with E-state index in [1.807, 2.05) is 29.2 Å². The van der Waals surface area contributed by atoms with Crippen LogP contribution in [-0.2, 0) is 26.2 Å². The summed E-state index contributed by atoms with van der Waals surface area (Å²) in [5.41, 5.74) is -0.0252. The third kappa shape index (κ3) is 6.18. The van der Waals surface area contributed by atoms with Crippen LogP contribution in [0.5, 0.6) is 0 Å². The maximum absolute atomic E-state index is 13.7. The van der Waals surface area contributed by atoms with Crippen LogP contribution in [0.25, 0.3) is 0 Å². The minimum Gasteiger partial charge on any atom is -0.390 e. The van der Waals surface area contributed by atoms with Gasteiger partial charge in [-0.15, -0.1) is 0 Å². The Kier molecular flexibility index (Phi) is 8.74. The molecule has 1 aromatic rings. The first kappa shape index (κ1) is 28.8. The molecule has 3 aliphatic rings. The molecule has 2 heterocycles. The molecule has 0 bridgehead atoms. The van der Waals surface area contributed by atoms with Crippen LogP contribution in [0, 0.1) is 0 Å². The van der Waals surface area contributed by atoms with Crippen molar-refractivity contribution in [2.75, 3.05) is 37.2 Å². The lowest BCUT2D eigenvalue weighted by atomic mass is 9.77. The second-order valence-electron chi connectivity index (χ2n) is 11.6. The van der Waals surface area contributed by atoms with E-state index >= 15 is 0 Å². The standard InChI is InChI=1S/C28H44N4O5S/c1-4-5-17-32-25(33)24(20-27(35)13-7-6-8-14-27)29-26(34)28(32)15-18-31(19-16-28)21-22-9-11-23(12-10-22)30(2)38(3,36)37/h9-12,24,35H,4-8,13-21H2,1-3H3,(H,29,34)/t24-/m1/s1. The number of rotatable bonds is 9. The van der Waals surface area contributed by atoms with Gasteiger partial charge in [-0.3, -0.25) is 18.8 Å². The number of likely N-dealkylation sites (tertiary alicyclic amines) is 1. The first-order valence-corrected chi connectivity index (χ1v) is 15.9. The molecule has 2 saturated heterocycles. The molecule has 1 spiro atoms. The Hall–Kier alpha value is -2.17. The van der Waals surface area contributed by atoms with Crippen molar-refractivity contribution in [2.24, 2.45) is 0 Å². The molecule has 0 unspecified atom stereocenters. The van der Waals surface area contributed by atoms with Crippen LogP contribution in [0.1, 0.15) is 76.7 Å². The molecule has 4 rings (SSSR count). The second kappa shape index (κ2) is 11.5. The van der Waals surface area contributed by atoms with Gasteiger partial charge in [-0.2, -0.15) is 0 Å². The molecular formula is C28H44N4O5S. The van der Waals surface area contributed by atoms with Crippen molar-refractivity contribution in [1.29, 1.82) is 0 Å². The Morgan fingerprint density at radius 3 is 2.26 bits per heavy atom. The average molecular weight is 549 g/mol. The van der Waals surface area contributed by atoms with Crippen molar-refractivity contribution < 1.29 is 23.1 Å². The SMILES string of the molecule is CCCCN1C(=O)[C@@H](CC2(O)CCCCC2)NC(=O)C12CCN(Cc1ccc(N(C)S(C)(=O)=O)cc1)CC2. The molecule has 9 nitrogen and oxygen atoms in total. The van der Waals surface area contributed by atoms with Crippen LogP contribution in [0.4, 0.5) is 5.69 Å². The molecule has 2 N–H and O–H groups in total. The molecular weight excluding hydrogens is 504 g/mol. The molecule has 1 saturated carbocycles. The van der Waals surface area contributed by atoms with E-state index in [1.54, 1.807) is 0 Å². The summed E-state index contributed by atoms with van der Waals surface area (Å²) >= 11 is 0. The van der Waals surface area contributed by atoms with E-state index in [4.69, 9.17) is 0 Å². The van der Waals surface area contributed by atoms with Gasteiger partial charge in [0.1, 0.15) is 11.6 Å². The zero-order chi connectivity index (χ0) is 27.6. The highest BCUT2D eigenvalue weighted by Crippen LogP contribution is 2.37. The number of unbranched alkanes of at least 4 members (excludes halogenated alkanes) is 1. The van der Waals surface area contributed by atoms with Gasteiger partial charge >= 0.3 is 0 Å². The molecule has 10 heteroatoms. The summed E-state index contributed by atoms with van der Waals surface area (Å²) in [6.07, 6.45) is 8.80. The van der Waals surface area contributed by atoms with Gasteiger partial charge in [0.25, 0.3) is 0 Å². The van der Waals surface area contributed by atoms with E-state index in [0.29, 0.717) is 64.0 Å². The Bertz CT molecular complexity index is 1090. The quantitative estimate of drug-likeness (QED) is 0.491. The topological polar surface area (TPSA) is 110 Å². The molecule has 38 heavy (non-hydrogen) atoms. The predicted molar refractivity (Wildman–Crippen MR) is 148 cm³/mol. The minimum atomic E-state index is -3.31. The van der Waals surface area contributed by atoms with E-state index in [9.17, 15) is 23.1 Å². The Labute approximate surface area is 227 Å². The number of piperazine rings is 1. The van der Waals surface area contributed by atoms with Gasteiger partial charge in [0, 0.05) is 39.6 Å². The van der Waals surface area contributed by atoms with Crippen LogP contribution < -0.4 is 9.62 Å². The lowest BCUT2D eigenvalue weighted by Gasteiger charge is -2.52. The van der Waals surface area contributed by atoms with E-state index < -0.39 is 27.2 Å². The van der Waals surface area contributed by atoms with Crippen molar-refractivity contribution in [3.63, 3.8) is 0 Å². The fraction of sp³-hybridized carbons (Fsp3) is 0.714. The number of benzene rings is 1. The number of anilines is 1. The zero-order valence-electron chi connectivity index (χ0n) is 23.1. The molecule has 2 aliphatic heterocycles. The zero-order valence-corrected chi connectivity index (χ0v) is 23.9. The third-order valence-corrected chi connectivity index (χ3v) is 10.0. The number of sulfonamides is 1. The molecule has 1 atom stereocenters. The van der Waals surface area contributed by atoms with E-state index in [1.165, 1.54) is 17.6 Å². The number of hydrogen-bond donors (Lipinski definition) is 2. The smallest absolute Gasteiger partial charge is 0.246 e. The van der Waals surface area contributed by atoms with Crippen molar-refractivity contribution in [3.05, 3.63) is 29.8 Å². The highest BCUT2D eigenvalue weighted by molar-refractivity contribution is 7.92. The average Bonchev–Trinajstić information content (AvgIpc) is 2.88. The Morgan fingerprint density at radius 2 is 1.68 bits per heavy atom. The molecule has 1 aliphatic carbocycles. The maximum Gasteiger partial charge on any atom is 0.246 e. The number of carbonyl (C=O) groups is 2. The Morgan fingerprint density at radius 1 is 1.05 bits per heavy atom. The second-order valence-corrected chi connectivity index (χ2v) is 13.6.